The maximum Gasteiger partial charge on any atom is 0.109 e. The minimum absolute atomic E-state index is 1.01. The first-order chi connectivity index (χ1) is 5.27. The first-order valence-electron chi connectivity index (χ1n) is 3.95. The lowest BCUT2D eigenvalue weighted by Crippen LogP contribution is -1.85. The highest BCUT2D eigenvalue weighted by Gasteiger charge is 1.97. The smallest absolute Gasteiger partial charge is 0.109 e. The van der Waals surface area contributed by atoms with Gasteiger partial charge in [0.25, 0.3) is 0 Å². The summed E-state index contributed by atoms with van der Waals surface area (Å²) in [5.41, 5.74) is 1.15. The molecule has 0 aliphatic carbocycles. The highest BCUT2D eigenvalue weighted by Crippen LogP contribution is 2.02. The molecule has 1 rings (SSSR count). The van der Waals surface area contributed by atoms with Crippen LogP contribution in [0, 0.1) is 6.92 Å². The molecule has 1 aromatic rings. The fourth-order valence-corrected chi connectivity index (χ4v) is 1.03. The van der Waals surface area contributed by atoms with Gasteiger partial charge in [-0.25, -0.2) is 4.98 Å². The van der Waals surface area contributed by atoms with Crippen LogP contribution in [0.3, 0.4) is 0 Å². The van der Waals surface area contributed by atoms with Crippen LogP contribution in [0.4, 0.5) is 0 Å². The van der Waals surface area contributed by atoms with E-state index in [0.717, 1.165) is 17.9 Å². The van der Waals surface area contributed by atoms with Gasteiger partial charge in [0.05, 0.1) is 5.69 Å². The van der Waals surface area contributed by atoms with Gasteiger partial charge in [0.1, 0.15) is 5.82 Å². The van der Waals surface area contributed by atoms with Crippen LogP contribution in [-0.4, -0.2) is 9.55 Å². The zero-order valence-electron chi connectivity index (χ0n) is 7.33. The lowest BCUT2D eigenvalue weighted by Gasteiger charge is -1.91. The average molecular weight is 150 g/mol. The Bertz CT molecular complexity index is 259. The topological polar surface area (TPSA) is 17.8 Å². The molecule has 0 aliphatic heterocycles. The van der Waals surface area contributed by atoms with Crippen molar-refractivity contribution in [3.63, 3.8) is 0 Å². The number of imidazole rings is 1. The van der Waals surface area contributed by atoms with E-state index in [2.05, 4.69) is 18.1 Å². The third-order valence-electron chi connectivity index (χ3n) is 1.64. The Morgan fingerprint density at radius 1 is 1.64 bits per heavy atom. The molecule has 0 aliphatic rings. The van der Waals surface area contributed by atoms with Gasteiger partial charge in [-0.15, -0.1) is 0 Å². The van der Waals surface area contributed by atoms with Crippen molar-refractivity contribution < 1.29 is 0 Å². The number of hydrogen-bond donors (Lipinski definition) is 0. The molecular formula is C9H14N2. The lowest BCUT2D eigenvalue weighted by molar-refractivity contribution is 1.01. The summed E-state index contributed by atoms with van der Waals surface area (Å²) < 4.78 is 2.04. The summed E-state index contributed by atoms with van der Waals surface area (Å²) in [7, 11) is 0. The minimum Gasteiger partial charge on any atom is -0.311 e. The number of hydrogen-bond acceptors (Lipinski definition) is 1. The Morgan fingerprint density at radius 2 is 2.36 bits per heavy atom. The number of aromatic nitrogens is 2. The summed E-state index contributed by atoms with van der Waals surface area (Å²) in [6.07, 6.45) is 7.09. The van der Waals surface area contributed by atoms with Crippen LogP contribution < -0.4 is 0 Å². The molecular weight excluding hydrogens is 136 g/mol. The van der Waals surface area contributed by atoms with Gasteiger partial charge >= 0.3 is 0 Å². The Hall–Kier alpha value is -1.05. The summed E-state index contributed by atoms with van der Waals surface area (Å²) in [6.45, 7) is 6.13. The Balaban J connectivity index is 2.97. The largest absolute Gasteiger partial charge is 0.311 e. The van der Waals surface area contributed by atoms with Crippen LogP contribution >= 0.6 is 0 Å². The van der Waals surface area contributed by atoms with Gasteiger partial charge in [-0.3, -0.25) is 0 Å². The lowest BCUT2D eigenvalue weighted by atomic mass is 10.4. The minimum atomic E-state index is 1.01. The van der Waals surface area contributed by atoms with Crippen molar-refractivity contribution in [2.24, 2.45) is 0 Å². The molecule has 60 valence electrons. The fourth-order valence-electron chi connectivity index (χ4n) is 1.03. The summed E-state index contributed by atoms with van der Waals surface area (Å²) in [5.74, 6) is 1.06. The van der Waals surface area contributed by atoms with Crippen molar-refractivity contribution in [2.75, 3.05) is 0 Å². The maximum absolute atomic E-state index is 4.36. The Labute approximate surface area is 67.6 Å². The van der Waals surface area contributed by atoms with Crippen LogP contribution in [0.25, 0.3) is 6.20 Å². The fraction of sp³-hybridized carbons (Fsp3) is 0.444. The first-order valence-corrected chi connectivity index (χ1v) is 3.95. The van der Waals surface area contributed by atoms with E-state index in [0.29, 0.717) is 0 Å². The number of rotatable bonds is 2. The van der Waals surface area contributed by atoms with Crippen LogP contribution in [0.5, 0.6) is 0 Å². The first kappa shape index (κ1) is 8.05. The predicted octanol–water partition coefficient (Wildman–Crippen LogP) is 2.24. The summed E-state index contributed by atoms with van der Waals surface area (Å²) >= 11 is 0. The molecule has 2 heteroatoms. The highest BCUT2D eigenvalue weighted by atomic mass is 15.0. The Morgan fingerprint density at radius 3 is 2.82 bits per heavy atom. The highest BCUT2D eigenvalue weighted by molar-refractivity contribution is 5.25. The van der Waals surface area contributed by atoms with Crippen LogP contribution in [-0.2, 0) is 6.42 Å². The third kappa shape index (κ3) is 1.70. The van der Waals surface area contributed by atoms with Crippen LogP contribution in [0.15, 0.2) is 12.3 Å². The van der Waals surface area contributed by atoms with E-state index in [1.165, 1.54) is 0 Å². The van der Waals surface area contributed by atoms with Gasteiger partial charge in [0, 0.05) is 12.4 Å². The van der Waals surface area contributed by atoms with Crippen molar-refractivity contribution in [2.45, 2.75) is 27.2 Å². The van der Waals surface area contributed by atoms with Crippen molar-refractivity contribution in [3.05, 3.63) is 23.8 Å². The van der Waals surface area contributed by atoms with E-state index in [-0.39, 0.29) is 0 Å². The molecule has 0 saturated carbocycles. The quantitative estimate of drug-likeness (QED) is 0.632. The maximum atomic E-state index is 4.36. The zero-order valence-corrected chi connectivity index (χ0v) is 7.33. The summed E-state index contributed by atoms with van der Waals surface area (Å²) in [5, 5.41) is 0. The van der Waals surface area contributed by atoms with Crippen LogP contribution in [0.1, 0.15) is 25.4 Å². The monoisotopic (exact) mass is 150 g/mol. The zero-order chi connectivity index (χ0) is 8.27. The van der Waals surface area contributed by atoms with Crippen molar-refractivity contribution in [1.82, 2.24) is 9.55 Å². The van der Waals surface area contributed by atoms with E-state index in [1.807, 2.05) is 30.7 Å². The third-order valence-corrected chi connectivity index (χ3v) is 1.64. The molecule has 0 spiro atoms. The van der Waals surface area contributed by atoms with Gasteiger partial charge < -0.3 is 4.57 Å². The molecule has 0 N–H and O–H groups in total. The molecule has 0 bridgehead atoms. The molecule has 0 amide bonds. The summed E-state index contributed by atoms with van der Waals surface area (Å²) in [4.78, 5) is 4.36. The van der Waals surface area contributed by atoms with Crippen molar-refractivity contribution in [3.8, 4) is 0 Å². The molecule has 0 saturated heterocycles. The standard InChI is InChI=1S/C9H14N2/c1-4-6-11-7-9(5-2)10-8(11)3/h4,6-7H,5H2,1-3H3/b6-4-. The van der Waals surface area contributed by atoms with E-state index in [1.54, 1.807) is 0 Å². The molecule has 11 heavy (non-hydrogen) atoms. The van der Waals surface area contributed by atoms with E-state index >= 15 is 0 Å². The molecule has 0 aromatic carbocycles. The van der Waals surface area contributed by atoms with E-state index in [9.17, 15) is 0 Å². The second kappa shape index (κ2) is 3.37. The molecule has 0 unspecified atom stereocenters. The normalized spacial score (nSPS) is 11.2. The number of nitrogens with zero attached hydrogens (tertiary/aromatic N) is 2. The molecule has 1 aromatic heterocycles. The van der Waals surface area contributed by atoms with Gasteiger partial charge in [-0.05, 0) is 20.3 Å². The molecule has 0 radical (unpaired) electrons. The van der Waals surface area contributed by atoms with Crippen molar-refractivity contribution in [1.29, 1.82) is 0 Å². The second-order valence-corrected chi connectivity index (χ2v) is 2.52. The molecule has 2 nitrogen and oxygen atoms in total. The van der Waals surface area contributed by atoms with Gasteiger partial charge in [-0.2, -0.15) is 0 Å². The number of allylic oxidation sites excluding steroid dienone is 1. The second-order valence-electron chi connectivity index (χ2n) is 2.52. The number of aryl methyl sites for hydroxylation is 2. The average Bonchev–Trinajstić information content (AvgIpc) is 2.33. The van der Waals surface area contributed by atoms with E-state index in [4.69, 9.17) is 0 Å². The molecule has 1 heterocycles. The van der Waals surface area contributed by atoms with Gasteiger partial charge in [0.15, 0.2) is 0 Å². The summed E-state index contributed by atoms with van der Waals surface area (Å²) in [6, 6.07) is 0. The van der Waals surface area contributed by atoms with Gasteiger partial charge in [0.2, 0.25) is 0 Å². The molecule has 0 atom stereocenters. The SMILES string of the molecule is C/C=C\n1cc(CC)nc1C. The van der Waals surface area contributed by atoms with Gasteiger partial charge in [-0.1, -0.05) is 13.0 Å². The van der Waals surface area contributed by atoms with Crippen molar-refractivity contribution >= 4 is 6.20 Å². The van der Waals surface area contributed by atoms with Crippen LogP contribution in [0.2, 0.25) is 0 Å². The van der Waals surface area contributed by atoms with E-state index < -0.39 is 0 Å². The molecule has 0 fully saturated rings. The predicted molar refractivity (Wildman–Crippen MR) is 47.3 cm³/mol. The Kier molecular flexibility index (Phi) is 2.47.